The van der Waals surface area contributed by atoms with E-state index in [4.69, 9.17) is 4.84 Å². The zero-order chi connectivity index (χ0) is 16.2. The number of thiazole rings is 1. The van der Waals surface area contributed by atoms with Gasteiger partial charge in [0, 0.05) is 0 Å². The molecule has 0 spiro atoms. The molecule has 0 fully saturated rings. The van der Waals surface area contributed by atoms with E-state index in [9.17, 15) is 10.1 Å². The summed E-state index contributed by atoms with van der Waals surface area (Å²) in [5.41, 5.74) is 2.17. The number of benzene rings is 2. The molecule has 0 atom stereocenters. The molecule has 0 amide bonds. The van der Waals surface area contributed by atoms with Gasteiger partial charge in [-0.3, -0.25) is 0 Å². The Bertz CT molecular complexity index is 903. The van der Waals surface area contributed by atoms with Crippen molar-refractivity contribution in [2.75, 3.05) is 0 Å². The Morgan fingerprint density at radius 2 is 1.96 bits per heavy atom. The number of hydrogen-bond acceptors (Lipinski definition) is 6. The molecular formula is C17H11N3O2S. The van der Waals surface area contributed by atoms with Gasteiger partial charge in [-0.1, -0.05) is 35.0 Å². The van der Waals surface area contributed by atoms with Crippen LogP contribution < -0.4 is 0 Å². The molecule has 0 N–H and O–H groups in total. The maximum Gasteiger partial charge on any atom is 0.365 e. The van der Waals surface area contributed by atoms with Crippen LogP contribution in [0.3, 0.4) is 0 Å². The maximum atomic E-state index is 11.9. The van der Waals surface area contributed by atoms with Crippen molar-refractivity contribution in [3.8, 4) is 6.07 Å². The van der Waals surface area contributed by atoms with Crippen molar-refractivity contribution >= 4 is 33.2 Å². The Labute approximate surface area is 136 Å². The molecule has 112 valence electrons. The van der Waals surface area contributed by atoms with Crippen molar-refractivity contribution in [3.63, 3.8) is 0 Å². The average molecular weight is 321 g/mol. The lowest BCUT2D eigenvalue weighted by molar-refractivity contribution is 0.0517. The Hall–Kier alpha value is -3.04. The normalized spacial score (nSPS) is 11.2. The Morgan fingerprint density at radius 3 is 2.65 bits per heavy atom. The number of nitrogens with zero attached hydrogens (tertiary/aromatic N) is 3. The maximum absolute atomic E-state index is 11.9. The second kappa shape index (κ2) is 6.38. The molecule has 23 heavy (non-hydrogen) atoms. The summed E-state index contributed by atoms with van der Waals surface area (Å²) < 4.78 is 0.940. The molecule has 1 heterocycles. The first-order chi connectivity index (χ1) is 11.2. The van der Waals surface area contributed by atoms with Crippen LogP contribution in [0.5, 0.6) is 0 Å². The number of carbonyl (C=O) groups excluding carboxylic acids is 1. The summed E-state index contributed by atoms with van der Waals surface area (Å²) >= 11 is 1.32. The summed E-state index contributed by atoms with van der Waals surface area (Å²) in [4.78, 5) is 21.1. The first kappa shape index (κ1) is 14.9. The summed E-state index contributed by atoms with van der Waals surface area (Å²) in [6.45, 7) is 1.92. The number of oxime groups is 1. The van der Waals surface area contributed by atoms with Gasteiger partial charge >= 0.3 is 5.97 Å². The lowest BCUT2D eigenvalue weighted by Crippen LogP contribution is -2.04. The highest BCUT2D eigenvalue weighted by Crippen LogP contribution is 2.22. The van der Waals surface area contributed by atoms with Crippen LogP contribution in [0.1, 0.15) is 20.9 Å². The summed E-state index contributed by atoms with van der Waals surface area (Å²) in [6.07, 6.45) is 0. The van der Waals surface area contributed by atoms with E-state index >= 15 is 0 Å². The third-order valence-corrected chi connectivity index (χ3v) is 4.15. The Balaban J connectivity index is 1.83. The van der Waals surface area contributed by atoms with E-state index in [-0.39, 0.29) is 5.71 Å². The summed E-state index contributed by atoms with van der Waals surface area (Å²) in [5, 5.41) is 13.3. The summed E-state index contributed by atoms with van der Waals surface area (Å²) in [7, 11) is 0. The zero-order valence-corrected chi connectivity index (χ0v) is 13.0. The van der Waals surface area contributed by atoms with Crippen molar-refractivity contribution in [2.45, 2.75) is 6.92 Å². The first-order valence-electron chi connectivity index (χ1n) is 6.79. The molecule has 0 aliphatic rings. The van der Waals surface area contributed by atoms with Gasteiger partial charge in [0.2, 0.25) is 5.71 Å². The predicted molar refractivity (Wildman–Crippen MR) is 88.4 cm³/mol. The number of nitriles is 1. The molecule has 0 saturated carbocycles. The topological polar surface area (TPSA) is 75.3 Å². The van der Waals surface area contributed by atoms with Crippen LogP contribution in [0.15, 0.2) is 53.7 Å². The van der Waals surface area contributed by atoms with E-state index in [2.05, 4.69) is 10.1 Å². The molecule has 1 aromatic heterocycles. The average Bonchev–Trinajstić information content (AvgIpc) is 2.99. The molecule has 0 bridgehead atoms. The fourth-order valence-electron chi connectivity index (χ4n) is 1.91. The number of fused-ring (bicyclic) bond motifs is 1. The molecule has 0 unspecified atom stereocenters. The largest absolute Gasteiger partial charge is 0.365 e. The van der Waals surface area contributed by atoms with Gasteiger partial charge in [-0.15, -0.1) is 11.3 Å². The van der Waals surface area contributed by atoms with E-state index in [0.717, 1.165) is 15.8 Å². The lowest BCUT2D eigenvalue weighted by Gasteiger charge is -1.98. The lowest BCUT2D eigenvalue weighted by atomic mass is 10.2. The van der Waals surface area contributed by atoms with Gasteiger partial charge in [0.05, 0.1) is 15.8 Å². The van der Waals surface area contributed by atoms with Crippen LogP contribution in [-0.2, 0) is 4.84 Å². The standard InChI is InChI=1S/C17H11N3O2S/c1-11-6-8-12(9-7-11)17(21)22-20-14(10-18)16-19-13-4-2-3-5-15(13)23-16/h2-9H,1H3/b20-14+. The zero-order valence-electron chi connectivity index (χ0n) is 12.2. The number of aromatic nitrogens is 1. The fraction of sp³-hybridized carbons (Fsp3) is 0.0588. The highest BCUT2D eigenvalue weighted by molar-refractivity contribution is 7.20. The second-order valence-electron chi connectivity index (χ2n) is 4.78. The molecule has 5 nitrogen and oxygen atoms in total. The van der Waals surface area contributed by atoms with Gasteiger partial charge in [-0.25, -0.2) is 9.78 Å². The van der Waals surface area contributed by atoms with Crippen molar-refractivity contribution < 1.29 is 9.63 Å². The molecule has 2 aromatic carbocycles. The highest BCUT2D eigenvalue weighted by atomic mass is 32.1. The molecule has 0 saturated heterocycles. The van der Waals surface area contributed by atoms with Crippen LogP contribution in [0, 0.1) is 18.3 Å². The fourth-order valence-corrected chi connectivity index (χ4v) is 2.81. The number of carbonyl (C=O) groups is 1. The van der Waals surface area contributed by atoms with Crippen molar-refractivity contribution in [1.29, 1.82) is 5.26 Å². The van der Waals surface area contributed by atoms with Crippen LogP contribution in [0.2, 0.25) is 0 Å². The van der Waals surface area contributed by atoms with Crippen LogP contribution in [0.4, 0.5) is 0 Å². The van der Waals surface area contributed by atoms with Crippen molar-refractivity contribution in [1.82, 2.24) is 4.98 Å². The van der Waals surface area contributed by atoms with Gasteiger partial charge in [-0.2, -0.15) is 5.26 Å². The monoisotopic (exact) mass is 321 g/mol. The molecule has 3 aromatic rings. The van der Waals surface area contributed by atoms with Crippen LogP contribution in [-0.4, -0.2) is 16.7 Å². The third kappa shape index (κ3) is 3.25. The number of aryl methyl sites for hydroxylation is 1. The van der Waals surface area contributed by atoms with E-state index in [1.54, 1.807) is 24.3 Å². The Kier molecular flexibility index (Phi) is 4.13. The smallest absolute Gasteiger partial charge is 0.311 e. The highest BCUT2D eigenvalue weighted by Gasteiger charge is 2.13. The number of hydrogen-bond donors (Lipinski definition) is 0. The van der Waals surface area contributed by atoms with Gasteiger partial charge < -0.3 is 4.84 Å². The summed E-state index contributed by atoms with van der Waals surface area (Å²) in [6, 6.07) is 16.3. The Morgan fingerprint density at radius 1 is 1.22 bits per heavy atom. The van der Waals surface area contributed by atoms with Crippen molar-refractivity contribution in [2.24, 2.45) is 5.16 Å². The molecule has 0 radical (unpaired) electrons. The predicted octanol–water partition coefficient (Wildman–Crippen LogP) is 3.69. The minimum atomic E-state index is -0.612. The second-order valence-corrected chi connectivity index (χ2v) is 5.81. The SMILES string of the molecule is Cc1ccc(C(=O)O/N=C(\C#N)c2nc3ccccc3s2)cc1. The quantitative estimate of drug-likeness (QED) is 0.419. The van der Waals surface area contributed by atoms with Gasteiger partial charge in [0.1, 0.15) is 6.07 Å². The first-order valence-corrected chi connectivity index (χ1v) is 7.61. The van der Waals surface area contributed by atoms with E-state index < -0.39 is 5.97 Å². The van der Waals surface area contributed by atoms with Crippen molar-refractivity contribution in [3.05, 3.63) is 64.7 Å². The van der Waals surface area contributed by atoms with E-state index in [0.29, 0.717) is 10.6 Å². The van der Waals surface area contributed by atoms with Crippen LogP contribution in [0.25, 0.3) is 10.2 Å². The van der Waals surface area contributed by atoms with E-state index in [1.165, 1.54) is 11.3 Å². The van der Waals surface area contributed by atoms with Crippen LogP contribution >= 0.6 is 11.3 Å². The van der Waals surface area contributed by atoms with Gasteiger partial charge in [0.25, 0.3) is 0 Å². The van der Waals surface area contributed by atoms with E-state index in [1.807, 2.05) is 37.3 Å². The molecule has 6 heteroatoms. The molecule has 0 aliphatic carbocycles. The molecule has 0 aliphatic heterocycles. The molecule has 3 rings (SSSR count). The number of rotatable bonds is 3. The molecular weight excluding hydrogens is 310 g/mol. The number of para-hydroxylation sites is 1. The minimum absolute atomic E-state index is 0.0216. The van der Waals surface area contributed by atoms with Gasteiger partial charge in [-0.05, 0) is 31.2 Å². The van der Waals surface area contributed by atoms with Gasteiger partial charge in [0.15, 0.2) is 5.01 Å². The third-order valence-electron chi connectivity index (χ3n) is 3.11. The minimum Gasteiger partial charge on any atom is -0.311 e. The summed E-state index contributed by atoms with van der Waals surface area (Å²) in [5.74, 6) is -0.612.